The Morgan fingerprint density at radius 2 is 1.53 bits per heavy atom. The first-order valence-electron chi connectivity index (χ1n) is 4.22. The molecule has 0 spiro atoms. The first-order chi connectivity index (χ1) is 7.53. The summed E-state index contributed by atoms with van der Waals surface area (Å²) in [5, 5.41) is 0. The second kappa shape index (κ2) is 4.17. The number of nitrogens with two attached hydrogens (primary N) is 1. The van der Waals surface area contributed by atoms with E-state index in [9.17, 15) is 30.7 Å². The Morgan fingerprint density at radius 3 is 1.88 bits per heavy atom. The molecule has 0 heterocycles. The van der Waals surface area contributed by atoms with Crippen LogP contribution in [0.4, 0.5) is 30.7 Å². The monoisotopic (exact) mass is 261 g/mol. The van der Waals surface area contributed by atoms with Crippen molar-refractivity contribution in [2.75, 3.05) is 0 Å². The number of hydrogen-bond acceptors (Lipinski definition) is 1. The first-order valence-corrected chi connectivity index (χ1v) is 4.22. The standard InChI is InChI=1S/C9H6F7N/c10-6-3-4(8(11,12)13)1-2-5(6)7(17)9(14,15)16/h1-3,7H,17H2/t7-/m0/s1. The third-order valence-corrected chi connectivity index (χ3v) is 2.02. The van der Waals surface area contributed by atoms with Crippen molar-refractivity contribution in [1.29, 1.82) is 0 Å². The van der Waals surface area contributed by atoms with Gasteiger partial charge in [0.2, 0.25) is 0 Å². The summed E-state index contributed by atoms with van der Waals surface area (Å²) < 4.78 is 85.8. The molecule has 2 N–H and O–H groups in total. The highest BCUT2D eigenvalue weighted by Crippen LogP contribution is 2.35. The number of hydrogen-bond donors (Lipinski definition) is 1. The predicted molar refractivity (Wildman–Crippen MR) is 44.4 cm³/mol. The van der Waals surface area contributed by atoms with Crippen LogP contribution in [-0.2, 0) is 6.18 Å². The Hall–Kier alpha value is -1.31. The Labute approximate surface area is 91.0 Å². The lowest BCUT2D eigenvalue weighted by Crippen LogP contribution is -2.29. The third kappa shape index (κ3) is 3.09. The van der Waals surface area contributed by atoms with Crippen LogP contribution in [0, 0.1) is 5.82 Å². The van der Waals surface area contributed by atoms with Gasteiger partial charge in [0.15, 0.2) is 0 Å². The Kier molecular flexibility index (Phi) is 3.37. The number of alkyl halides is 6. The number of rotatable bonds is 1. The van der Waals surface area contributed by atoms with E-state index in [1.807, 2.05) is 0 Å². The summed E-state index contributed by atoms with van der Waals surface area (Å²) in [6, 6.07) is -1.92. The summed E-state index contributed by atoms with van der Waals surface area (Å²) >= 11 is 0. The van der Waals surface area contributed by atoms with Crippen molar-refractivity contribution >= 4 is 0 Å². The average Bonchev–Trinajstić information content (AvgIpc) is 2.13. The highest BCUT2D eigenvalue weighted by atomic mass is 19.4. The molecule has 0 radical (unpaired) electrons. The van der Waals surface area contributed by atoms with E-state index in [1.54, 1.807) is 0 Å². The van der Waals surface area contributed by atoms with Crippen LogP contribution < -0.4 is 5.73 Å². The van der Waals surface area contributed by atoms with Gasteiger partial charge in [-0.2, -0.15) is 26.3 Å². The van der Waals surface area contributed by atoms with Gasteiger partial charge in [-0.15, -0.1) is 0 Å². The Bertz CT molecular complexity index is 407. The van der Waals surface area contributed by atoms with Gasteiger partial charge in [-0.25, -0.2) is 4.39 Å². The van der Waals surface area contributed by atoms with Gasteiger partial charge in [0.25, 0.3) is 0 Å². The molecule has 1 aromatic carbocycles. The molecule has 1 aromatic rings. The van der Waals surface area contributed by atoms with Crippen molar-refractivity contribution in [2.24, 2.45) is 5.73 Å². The van der Waals surface area contributed by atoms with Crippen LogP contribution in [0.15, 0.2) is 18.2 Å². The zero-order valence-electron chi connectivity index (χ0n) is 8.03. The molecule has 0 bridgehead atoms. The average molecular weight is 261 g/mol. The van der Waals surface area contributed by atoms with Gasteiger partial charge in [-0.05, 0) is 12.1 Å². The molecule has 0 amide bonds. The minimum atomic E-state index is -4.92. The zero-order valence-corrected chi connectivity index (χ0v) is 8.03. The maximum atomic E-state index is 13.1. The summed E-state index contributed by atoms with van der Waals surface area (Å²) in [6.45, 7) is 0. The van der Waals surface area contributed by atoms with Gasteiger partial charge in [0.05, 0.1) is 5.56 Å². The van der Waals surface area contributed by atoms with Crippen LogP contribution in [0.25, 0.3) is 0 Å². The normalized spacial score (nSPS) is 14.8. The second-order valence-corrected chi connectivity index (χ2v) is 3.25. The van der Waals surface area contributed by atoms with E-state index >= 15 is 0 Å². The van der Waals surface area contributed by atoms with Gasteiger partial charge >= 0.3 is 12.4 Å². The SMILES string of the molecule is N[C@@H](c1ccc(C(F)(F)F)cc1F)C(F)(F)F. The second-order valence-electron chi connectivity index (χ2n) is 3.25. The molecule has 0 unspecified atom stereocenters. The van der Waals surface area contributed by atoms with Crippen LogP contribution in [-0.4, -0.2) is 6.18 Å². The summed E-state index contributed by atoms with van der Waals surface area (Å²) in [4.78, 5) is 0. The lowest BCUT2D eigenvalue weighted by molar-refractivity contribution is -0.149. The predicted octanol–water partition coefficient (Wildman–Crippen LogP) is 3.41. The smallest absolute Gasteiger partial charge is 0.316 e. The summed E-state index contributed by atoms with van der Waals surface area (Å²) in [6.07, 6.45) is -9.73. The van der Waals surface area contributed by atoms with Crippen molar-refractivity contribution in [2.45, 2.75) is 18.4 Å². The molecule has 0 saturated carbocycles. The molecule has 1 rings (SSSR count). The largest absolute Gasteiger partial charge is 0.416 e. The Morgan fingerprint density at radius 1 is 1.00 bits per heavy atom. The number of halogens is 7. The van der Waals surface area contributed by atoms with Gasteiger partial charge in [0, 0.05) is 5.56 Å². The van der Waals surface area contributed by atoms with Gasteiger partial charge in [0.1, 0.15) is 11.9 Å². The van der Waals surface area contributed by atoms with E-state index in [-0.39, 0.29) is 6.07 Å². The highest BCUT2D eigenvalue weighted by molar-refractivity contribution is 5.29. The molecule has 0 aromatic heterocycles. The third-order valence-electron chi connectivity index (χ3n) is 2.02. The van der Waals surface area contributed by atoms with Gasteiger partial charge < -0.3 is 5.73 Å². The fraction of sp³-hybridized carbons (Fsp3) is 0.333. The molecule has 1 atom stereocenters. The van der Waals surface area contributed by atoms with E-state index in [4.69, 9.17) is 0 Å². The Balaban J connectivity index is 3.15. The molecule has 0 aliphatic heterocycles. The molecule has 96 valence electrons. The van der Waals surface area contributed by atoms with E-state index in [1.165, 1.54) is 0 Å². The summed E-state index contributed by atoms with van der Waals surface area (Å²) in [7, 11) is 0. The highest BCUT2D eigenvalue weighted by Gasteiger charge is 2.40. The maximum absolute atomic E-state index is 13.1. The molecule has 1 nitrogen and oxygen atoms in total. The first kappa shape index (κ1) is 13.8. The summed E-state index contributed by atoms with van der Waals surface area (Å²) in [5.41, 5.74) is 2.30. The van der Waals surface area contributed by atoms with Crippen LogP contribution >= 0.6 is 0 Å². The van der Waals surface area contributed by atoms with Crippen LogP contribution in [0.3, 0.4) is 0 Å². The van der Waals surface area contributed by atoms with E-state index in [0.29, 0.717) is 12.1 Å². The topological polar surface area (TPSA) is 26.0 Å². The van der Waals surface area contributed by atoms with Crippen LogP contribution in [0.5, 0.6) is 0 Å². The molecule has 17 heavy (non-hydrogen) atoms. The van der Waals surface area contributed by atoms with E-state index in [2.05, 4.69) is 5.73 Å². The molecule has 0 aliphatic carbocycles. The van der Waals surface area contributed by atoms with Crippen molar-refractivity contribution < 1.29 is 30.7 Å². The summed E-state index contributed by atoms with van der Waals surface area (Å²) in [5.74, 6) is -1.63. The van der Waals surface area contributed by atoms with Crippen LogP contribution in [0.1, 0.15) is 17.2 Å². The van der Waals surface area contributed by atoms with Crippen molar-refractivity contribution in [3.63, 3.8) is 0 Å². The minimum absolute atomic E-state index is 0.0130. The zero-order chi connectivity index (χ0) is 13.4. The molecule has 0 fully saturated rings. The van der Waals surface area contributed by atoms with Crippen molar-refractivity contribution in [3.05, 3.63) is 35.1 Å². The number of benzene rings is 1. The van der Waals surface area contributed by atoms with Crippen LogP contribution in [0.2, 0.25) is 0 Å². The molecule has 8 heteroatoms. The molecular formula is C9H6F7N. The molecular weight excluding hydrogens is 255 g/mol. The fourth-order valence-electron chi connectivity index (χ4n) is 1.13. The van der Waals surface area contributed by atoms with Gasteiger partial charge in [-0.3, -0.25) is 0 Å². The van der Waals surface area contributed by atoms with E-state index < -0.39 is 35.3 Å². The van der Waals surface area contributed by atoms with Gasteiger partial charge in [-0.1, -0.05) is 6.07 Å². The van der Waals surface area contributed by atoms with E-state index in [0.717, 1.165) is 0 Å². The molecule has 0 saturated heterocycles. The molecule has 0 aliphatic rings. The lowest BCUT2D eigenvalue weighted by Gasteiger charge is -2.17. The minimum Gasteiger partial charge on any atom is -0.316 e. The quantitative estimate of drug-likeness (QED) is 0.770. The van der Waals surface area contributed by atoms with Crippen molar-refractivity contribution in [3.8, 4) is 0 Å². The van der Waals surface area contributed by atoms with Crippen molar-refractivity contribution in [1.82, 2.24) is 0 Å². The maximum Gasteiger partial charge on any atom is 0.416 e. The lowest BCUT2D eigenvalue weighted by atomic mass is 10.0. The fourth-order valence-corrected chi connectivity index (χ4v) is 1.13.